The van der Waals surface area contributed by atoms with Crippen molar-refractivity contribution in [3.8, 4) is 0 Å². The average Bonchev–Trinajstić information content (AvgIpc) is 2.18. The highest BCUT2D eigenvalue weighted by Crippen LogP contribution is 2.43. The van der Waals surface area contributed by atoms with Crippen LogP contribution in [0.1, 0.15) is 13.8 Å². The molecule has 0 aromatic heterocycles. The summed E-state index contributed by atoms with van der Waals surface area (Å²) in [7, 11) is -2.38. The van der Waals surface area contributed by atoms with Crippen molar-refractivity contribution < 1.29 is 4.57 Å². The highest BCUT2D eigenvalue weighted by molar-refractivity contribution is 7.73. The first kappa shape index (κ1) is 12.0. The Hall–Kier alpha value is -1.07. The molecule has 0 fully saturated rings. The molecule has 0 saturated carbocycles. The lowest BCUT2D eigenvalue weighted by Crippen LogP contribution is -2.00. The van der Waals surface area contributed by atoms with Gasteiger partial charge in [0.15, 0.2) is 0 Å². The second kappa shape index (κ2) is 4.63. The molecule has 2 heteroatoms. The van der Waals surface area contributed by atoms with Gasteiger partial charge in [-0.3, -0.25) is 0 Å². The van der Waals surface area contributed by atoms with Crippen molar-refractivity contribution >= 4 is 12.4 Å². The van der Waals surface area contributed by atoms with Crippen molar-refractivity contribution in [2.45, 2.75) is 13.8 Å². The summed E-state index contributed by atoms with van der Waals surface area (Å²) in [6, 6.07) is 9.57. The van der Waals surface area contributed by atoms with Gasteiger partial charge in [-0.05, 0) is 31.9 Å². The van der Waals surface area contributed by atoms with Crippen LogP contribution in [0.5, 0.6) is 0 Å². The van der Waals surface area contributed by atoms with Crippen molar-refractivity contribution in [3.05, 3.63) is 53.9 Å². The molecule has 0 N–H and O–H groups in total. The van der Waals surface area contributed by atoms with E-state index in [4.69, 9.17) is 0 Å². The quantitative estimate of drug-likeness (QED) is 0.559. The van der Waals surface area contributed by atoms with Gasteiger partial charge >= 0.3 is 0 Å². The molecule has 0 aliphatic rings. The fraction of sp³-hybridized carbons (Fsp3) is 0.231. The SMILES string of the molecule is C=C(C)C(C)=CP(C)(=O)c1ccccc1. The third-order valence-electron chi connectivity index (χ3n) is 2.38. The zero-order valence-corrected chi connectivity index (χ0v) is 10.4. The summed E-state index contributed by atoms with van der Waals surface area (Å²) in [4.78, 5) is 0. The highest BCUT2D eigenvalue weighted by atomic mass is 31.2. The molecular weight excluding hydrogens is 203 g/mol. The Morgan fingerprint density at radius 1 is 1.27 bits per heavy atom. The first-order valence-electron chi connectivity index (χ1n) is 4.91. The molecule has 80 valence electrons. The van der Waals surface area contributed by atoms with Gasteiger partial charge in [-0.15, -0.1) is 0 Å². The van der Waals surface area contributed by atoms with Crippen molar-refractivity contribution in [2.75, 3.05) is 6.66 Å². The fourth-order valence-electron chi connectivity index (χ4n) is 1.28. The van der Waals surface area contributed by atoms with Gasteiger partial charge in [0.05, 0.1) is 0 Å². The first-order chi connectivity index (χ1) is 6.93. The van der Waals surface area contributed by atoms with E-state index in [2.05, 4.69) is 6.58 Å². The Morgan fingerprint density at radius 3 is 2.27 bits per heavy atom. The van der Waals surface area contributed by atoms with Crippen molar-refractivity contribution in [1.82, 2.24) is 0 Å². The van der Waals surface area contributed by atoms with E-state index < -0.39 is 7.14 Å². The van der Waals surface area contributed by atoms with Gasteiger partial charge in [0.1, 0.15) is 7.14 Å². The van der Waals surface area contributed by atoms with Gasteiger partial charge in [0.2, 0.25) is 0 Å². The normalized spacial score (nSPS) is 15.8. The lowest BCUT2D eigenvalue weighted by Gasteiger charge is -2.10. The number of hydrogen-bond acceptors (Lipinski definition) is 1. The smallest absolute Gasteiger partial charge is 0.133 e. The van der Waals surface area contributed by atoms with Crippen LogP contribution in [0.2, 0.25) is 0 Å². The molecule has 0 amide bonds. The van der Waals surface area contributed by atoms with Gasteiger partial charge in [-0.2, -0.15) is 0 Å². The Kier molecular flexibility index (Phi) is 3.71. The van der Waals surface area contributed by atoms with Gasteiger partial charge in [-0.1, -0.05) is 42.5 Å². The minimum atomic E-state index is -2.38. The van der Waals surface area contributed by atoms with Crippen LogP contribution in [0.15, 0.2) is 53.9 Å². The van der Waals surface area contributed by atoms with Crippen LogP contribution < -0.4 is 5.30 Å². The molecule has 15 heavy (non-hydrogen) atoms. The van der Waals surface area contributed by atoms with Crippen LogP contribution in [0.4, 0.5) is 0 Å². The molecule has 0 bridgehead atoms. The van der Waals surface area contributed by atoms with Crippen LogP contribution in [0.25, 0.3) is 0 Å². The molecule has 0 aliphatic carbocycles. The molecule has 1 aromatic rings. The number of allylic oxidation sites excluding steroid dienone is 2. The van der Waals surface area contributed by atoms with Crippen molar-refractivity contribution in [2.24, 2.45) is 0 Å². The average molecular weight is 220 g/mol. The van der Waals surface area contributed by atoms with E-state index in [1.165, 1.54) is 0 Å². The van der Waals surface area contributed by atoms with Crippen molar-refractivity contribution in [1.29, 1.82) is 0 Å². The maximum Gasteiger partial charge on any atom is 0.133 e. The van der Waals surface area contributed by atoms with Crippen LogP contribution >= 0.6 is 7.14 Å². The van der Waals surface area contributed by atoms with Crippen LogP contribution in [0.3, 0.4) is 0 Å². The summed E-state index contributed by atoms with van der Waals surface area (Å²) in [5.74, 6) is 1.84. The first-order valence-corrected chi connectivity index (χ1v) is 7.14. The Labute approximate surface area is 91.9 Å². The minimum Gasteiger partial charge on any atom is -0.315 e. The molecule has 0 heterocycles. The summed E-state index contributed by atoms with van der Waals surface area (Å²) in [5.41, 5.74) is 1.97. The zero-order chi connectivity index (χ0) is 11.5. The van der Waals surface area contributed by atoms with E-state index in [9.17, 15) is 4.57 Å². The highest BCUT2D eigenvalue weighted by Gasteiger charge is 2.14. The summed E-state index contributed by atoms with van der Waals surface area (Å²) in [6.45, 7) is 9.50. The van der Waals surface area contributed by atoms with Gasteiger partial charge in [0.25, 0.3) is 0 Å². The third kappa shape index (κ3) is 3.21. The monoisotopic (exact) mass is 220 g/mol. The largest absolute Gasteiger partial charge is 0.315 e. The lowest BCUT2D eigenvalue weighted by molar-refractivity contribution is 0.590. The standard InChI is InChI=1S/C13H17OP/c1-11(2)12(3)10-15(4,14)13-8-6-5-7-9-13/h5-10H,1H2,2-4H3. The van der Waals surface area contributed by atoms with Gasteiger partial charge in [-0.25, -0.2) is 0 Å². The minimum absolute atomic E-state index is 0.894. The van der Waals surface area contributed by atoms with E-state index in [0.717, 1.165) is 16.5 Å². The summed E-state index contributed by atoms with van der Waals surface area (Å²) >= 11 is 0. The van der Waals surface area contributed by atoms with Gasteiger partial charge < -0.3 is 4.57 Å². The molecule has 1 atom stereocenters. The predicted molar refractivity (Wildman–Crippen MR) is 68.2 cm³/mol. The lowest BCUT2D eigenvalue weighted by atomic mass is 10.2. The Morgan fingerprint density at radius 2 is 1.80 bits per heavy atom. The molecule has 1 nitrogen and oxygen atoms in total. The molecule has 0 saturated heterocycles. The van der Waals surface area contributed by atoms with Crippen molar-refractivity contribution in [3.63, 3.8) is 0 Å². The fourth-order valence-corrected chi connectivity index (χ4v) is 3.15. The second-order valence-corrected chi connectivity index (χ2v) is 6.67. The van der Waals surface area contributed by atoms with Gasteiger partial charge in [0, 0.05) is 5.30 Å². The Balaban J connectivity index is 3.10. The van der Waals surface area contributed by atoms with Crippen LogP contribution in [-0.4, -0.2) is 6.66 Å². The second-order valence-electron chi connectivity index (χ2n) is 3.92. The van der Waals surface area contributed by atoms with E-state index in [1.54, 1.807) is 6.66 Å². The molecule has 1 unspecified atom stereocenters. The number of benzene rings is 1. The summed E-state index contributed by atoms with van der Waals surface area (Å²) in [6.07, 6.45) is 0. The molecule has 1 rings (SSSR count). The van der Waals surface area contributed by atoms with E-state index in [-0.39, 0.29) is 0 Å². The molecule has 0 radical (unpaired) electrons. The Bertz CT molecular complexity index is 429. The maximum absolute atomic E-state index is 12.4. The zero-order valence-electron chi connectivity index (χ0n) is 9.53. The third-order valence-corrected chi connectivity index (χ3v) is 4.59. The maximum atomic E-state index is 12.4. The van der Waals surface area contributed by atoms with E-state index >= 15 is 0 Å². The number of rotatable bonds is 3. The topological polar surface area (TPSA) is 17.1 Å². The molecule has 1 aromatic carbocycles. The van der Waals surface area contributed by atoms with Crippen LogP contribution in [0, 0.1) is 0 Å². The molecule has 0 spiro atoms. The summed E-state index contributed by atoms with van der Waals surface area (Å²) in [5, 5.41) is 0.894. The van der Waals surface area contributed by atoms with E-state index in [0.29, 0.717) is 0 Å². The molecular formula is C13H17OP. The number of hydrogen-bond donors (Lipinski definition) is 0. The van der Waals surface area contributed by atoms with Crippen LogP contribution in [-0.2, 0) is 4.57 Å². The summed E-state index contributed by atoms with van der Waals surface area (Å²) < 4.78 is 12.4. The molecule has 0 aliphatic heterocycles. The predicted octanol–water partition coefficient (Wildman–Crippen LogP) is 3.78. The van der Waals surface area contributed by atoms with E-state index in [1.807, 2.05) is 50.0 Å².